The lowest BCUT2D eigenvalue weighted by atomic mass is 10.0. The second-order valence-electron chi connectivity index (χ2n) is 3.93. The van der Waals surface area contributed by atoms with Crippen LogP contribution in [0.5, 0.6) is 0 Å². The van der Waals surface area contributed by atoms with Gasteiger partial charge in [0.1, 0.15) is 17.3 Å². The van der Waals surface area contributed by atoms with Crippen LogP contribution in [0.3, 0.4) is 0 Å². The molecule has 3 heteroatoms. The van der Waals surface area contributed by atoms with Crippen LogP contribution in [0.2, 0.25) is 0 Å². The molecule has 0 saturated carbocycles. The minimum atomic E-state index is -0.413. The van der Waals surface area contributed by atoms with E-state index in [0.717, 1.165) is 11.3 Å². The van der Waals surface area contributed by atoms with Crippen LogP contribution >= 0.6 is 0 Å². The Morgan fingerprint density at radius 3 is 2.50 bits per heavy atom. The van der Waals surface area contributed by atoms with Crippen molar-refractivity contribution in [1.29, 1.82) is 0 Å². The van der Waals surface area contributed by atoms with E-state index in [0.29, 0.717) is 11.3 Å². The third-order valence-electron chi connectivity index (χ3n) is 2.62. The van der Waals surface area contributed by atoms with E-state index in [-0.39, 0.29) is 5.82 Å². The Bertz CT molecular complexity index is 504. The minimum Gasteiger partial charge on any atom is -0.464 e. The van der Waals surface area contributed by atoms with Crippen LogP contribution in [0.4, 0.5) is 4.39 Å². The van der Waals surface area contributed by atoms with Gasteiger partial charge in [-0.1, -0.05) is 12.1 Å². The van der Waals surface area contributed by atoms with E-state index >= 15 is 0 Å². The number of nitrogens with two attached hydrogens (primary N) is 1. The Morgan fingerprint density at radius 1 is 1.19 bits per heavy atom. The van der Waals surface area contributed by atoms with E-state index in [9.17, 15) is 4.39 Å². The Hall–Kier alpha value is -1.61. The predicted molar refractivity (Wildman–Crippen MR) is 60.6 cm³/mol. The summed E-state index contributed by atoms with van der Waals surface area (Å²) in [7, 11) is 0. The van der Waals surface area contributed by atoms with Crippen LogP contribution in [0, 0.1) is 19.7 Å². The molecule has 2 N–H and O–H groups in total. The number of benzene rings is 1. The van der Waals surface area contributed by atoms with Crippen molar-refractivity contribution in [1.82, 2.24) is 0 Å². The van der Waals surface area contributed by atoms with Crippen LogP contribution in [0.25, 0.3) is 0 Å². The summed E-state index contributed by atoms with van der Waals surface area (Å²) < 4.78 is 18.8. The Kier molecular flexibility index (Phi) is 2.79. The normalized spacial score (nSPS) is 12.8. The molecule has 0 saturated heterocycles. The molecular formula is C13H14FNO. The fourth-order valence-electron chi connectivity index (χ4n) is 1.59. The van der Waals surface area contributed by atoms with Gasteiger partial charge < -0.3 is 10.2 Å². The van der Waals surface area contributed by atoms with Crippen molar-refractivity contribution in [3.8, 4) is 0 Å². The summed E-state index contributed by atoms with van der Waals surface area (Å²) in [5.41, 5.74) is 7.33. The monoisotopic (exact) mass is 219 g/mol. The molecule has 0 spiro atoms. The fourth-order valence-corrected chi connectivity index (χ4v) is 1.59. The van der Waals surface area contributed by atoms with Gasteiger partial charge in [-0.25, -0.2) is 4.39 Å². The number of hydrogen-bond acceptors (Lipinski definition) is 2. The molecule has 0 fully saturated rings. The summed E-state index contributed by atoms with van der Waals surface area (Å²) in [5.74, 6) is 1.22. The van der Waals surface area contributed by atoms with Crippen molar-refractivity contribution in [2.24, 2.45) is 5.73 Å². The number of aryl methyl sites for hydroxylation is 2. The minimum absolute atomic E-state index is 0.240. The molecule has 2 aromatic rings. The molecule has 0 aliphatic heterocycles. The first-order valence-electron chi connectivity index (χ1n) is 5.16. The molecule has 2 nitrogen and oxygen atoms in total. The van der Waals surface area contributed by atoms with Crippen molar-refractivity contribution in [2.45, 2.75) is 19.9 Å². The lowest BCUT2D eigenvalue weighted by Crippen LogP contribution is -2.11. The van der Waals surface area contributed by atoms with Gasteiger partial charge in [0.25, 0.3) is 0 Å². The summed E-state index contributed by atoms with van der Waals surface area (Å²) in [6.45, 7) is 3.58. The Labute approximate surface area is 93.9 Å². The molecular weight excluding hydrogens is 205 g/mol. The second-order valence-corrected chi connectivity index (χ2v) is 3.93. The quantitative estimate of drug-likeness (QED) is 0.843. The summed E-state index contributed by atoms with van der Waals surface area (Å²) in [4.78, 5) is 0. The van der Waals surface area contributed by atoms with E-state index in [4.69, 9.17) is 10.2 Å². The molecule has 1 unspecified atom stereocenters. The molecule has 2 rings (SSSR count). The first-order valence-corrected chi connectivity index (χ1v) is 5.16. The topological polar surface area (TPSA) is 39.2 Å². The van der Waals surface area contributed by atoms with Gasteiger partial charge >= 0.3 is 0 Å². The molecule has 16 heavy (non-hydrogen) atoms. The maximum Gasteiger partial charge on any atom is 0.126 e. The van der Waals surface area contributed by atoms with Gasteiger partial charge in [0.05, 0.1) is 6.04 Å². The van der Waals surface area contributed by atoms with E-state index in [1.54, 1.807) is 13.0 Å². The highest BCUT2D eigenvalue weighted by molar-refractivity contribution is 5.30. The van der Waals surface area contributed by atoms with Crippen molar-refractivity contribution in [3.05, 3.63) is 58.8 Å². The van der Waals surface area contributed by atoms with Gasteiger partial charge in [-0.3, -0.25) is 0 Å². The molecule has 1 aromatic heterocycles. The predicted octanol–water partition coefficient (Wildman–Crippen LogP) is 3.08. The maximum atomic E-state index is 13.4. The highest BCUT2D eigenvalue weighted by Gasteiger charge is 2.13. The zero-order valence-corrected chi connectivity index (χ0v) is 9.33. The average Bonchev–Trinajstić information content (AvgIpc) is 2.68. The van der Waals surface area contributed by atoms with E-state index in [1.807, 2.05) is 25.1 Å². The van der Waals surface area contributed by atoms with Crippen molar-refractivity contribution in [3.63, 3.8) is 0 Å². The van der Waals surface area contributed by atoms with Crippen molar-refractivity contribution < 1.29 is 8.81 Å². The molecule has 1 aromatic carbocycles. The zero-order chi connectivity index (χ0) is 11.7. The van der Waals surface area contributed by atoms with Gasteiger partial charge in [0.15, 0.2) is 0 Å². The molecule has 84 valence electrons. The second kappa shape index (κ2) is 4.10. The molecule has 0 radical (unpaired) electrons. The van der Waals surface area contributed by atoms with E-state index in [1.165, 1.54) is 6.07 Å². The third kappa shape index (κ3) is 1.99. The Balaban J connectivity index is 2.33. The van der Waals surface area contributed by atoms with Crippen molar-refractivity contribution >= 4 is 0 Å². The first kappa shape index (κ1) is 10.9. The fraction of sp³-hybridized carbons (Fsp3) is 0.231. The van der Waals surface area contributed by atoms with Crippen LogP contribution < -0.4 is 5.73 Å². The summed E-state index contributed by atoms with van der Waals surface area (Å²) in [5, 5.41) is 0. The number of rotatable bonds is 2. The van der Waals surface area contributed by atoms with Crippen LogP contribution in [-0.2, 0) is 0 Å². The zero-order valence-electron chi connectivity index (χ0n) is 9.33. The van der Waals surface area contributed by atoms with Crippen LogP contribution in [0.1, 0.15) is 28.7 Å². The van der Waals surface area contributed by atoms with Gasteiger partial charge in [0, 0.05) is 0 Å². The number of halogens is 1. The molecule has 0 amide bonds. The highest BCUT2D eigenvalue weighted by atomic mass is 19.1. The smallest absolute Gasteiger partial charge is 0.126 e. The lowest BCUT2D eigenvalue weighted by Gasteiger charge is -2.10. The average molecular weight is 219 g/mol. The summed E-state index contributed by atoms with van der Waals surface area (Å²) in [6.07, 6.45) is 0. The summed E-state index contributed by atoms with van der Waals surface area (Å²) in [6, 6.07) is 8.25. The number of hydrogen-bond donors (Lipinski definition) is 1. The van der Waals surface area contributed by atoms with Gasteiger partial charge in [-0.15, -0.1) is 0 Å². The Morgan fingerprint density at radius 2 is 1.94 bits per heavy atom. The maximum absolute atomic E-state index is 13.4. The van der Waals surface area contributed by atoms with Crippen LogP contribution in [0.15, 0.2) is 34.7 Å². The third-order valence-corrected chi connectivity index (χ3v) is 2.62. The van der Waals surface area contributed by atoms with Gasteiger partial charge in [-0.05, 0) is 43.2 Å². The molecule has 0 aliphatic rings. The number of furan rings is 1. The molecule has 1 heterocycles. The van der Waals surface area contributed by atoms with E-state index in [2.05, 4.69) is 0 Å². The molecule has 0 aliphatic carbocycles. The van der Waals surface area contributed by atoms with Crippen molar-refractivity contribution in [2.75, 3.05) is 0 Å². The standard InChI is InChI=1S/C13H14FNO/c1-8-3-5-10(7-11(8)14)13(15)12-6-4-9(2)16-12/h3-7,13H,15H2,1-2H3. The van der Waals surface area contributed by atoms with E-state index < -0.39 is 6.04 Å². The van der Waals surface area contributed by atoms with Gasteiger partial charge in [0.2, 0.25) is 0 Å². The van der Waals surface area contributed by atoms with Crippen LogP contribution in [-0.4, -0.2) is 0 Å². The largest absolute Gasteiger partial charge is 0.464 e. The molecule has 1 atom stereocenters. The summed E-state index contributed by atoms with van der Waals surface area (Å²) >= 11 is 0. The molecule has 0 bridgehead atoms. The SMILES string of the molecule is Cc1ccc(C(N)c2ccc(C)c(F)c2)o1. The first-order chi connectivity index (χ1) is 7.58. The highest BCUT2D eigenvalue weighted by Crippen LogP contribution is 2.22. The van der Waals surface area contributed by atoms with Gasteiger partial charge in [-0.2, -0.15) is 0 Å². The lowest BCUT2D eigenvalue weighted by molar-refractivity contribution is 0.465.